The second-order valence-corrected chi connectivity index (χ2v) is 15.2. The molecule has 1 aliphatic carbocycles. The molecule has 0 atom stereocenters. The maximum absolute atomic E-state index is 3.77. The summed E-state index contributed by atoms with van der Waals surface area (Å²) in [5, 5.41) is 5.14. The van der Waals surface area contributed by atoms with E-state index < -0.39 is 0 Å². The van der Waals surface area contributed by atoms with Crippen LogP contribution in [-0.4, -0.2) is 9.55 Å². The number of para-hydroxylation sites is 1. The fraction of sp³-hybridized carbons (Fsp3) is 0.200. The van der Waals surface area contributed by atoms with Gasteiger partial charge in [-0.25, -0.2) is 0 Å². The molecule has 0 aliphatic heterocycles. The van der Waals surface area contributed by atoms with Crippen molar-refractivity contribution in [1.82, 2.24) is 9.55 Å². The molecule has 2 aromatic heterocycles. The molecule has 8 aromatic rings. The van der Waals surface area contributed by atoms with Gasteiger partial charge in [0.2, 0.25) is 0 Å². The van der Waals surface area contributed by atoms with E-state index >= 15 is 0 Å². The van der Waals surface area contributed by atoms with E-state index in [0.717, 1.165) is 0 Å². The van der Waals surface area contributed by atoms with E-state index in [1.807, 2.05) is 0 Å². The van der Waals surface area contributed by atoms with Crippen LogP contribution in [0.3, 0.4) is 0 Å². The zero-order valence-corrected chi connectivity index (χ0v) is 28.1. The largest absolute Gasteiger partial charge is 0.355 e. The minimum atomic E-state index is 0.0673. The van der Waals surface area contributed by atoms with E-state index in [9.17, 15) is 0 Å². The summed E-state index contributed by atoms with van der Waals surface area (Å²) in [7, 11) is 0. The van der Waals surface area contributed by atoms with Crippen LogP contribution < -0.4 is 0 Å². The van der Waals surface area contributed by atoms with Crippen molar-refractivity contribution in [1.29, 1.82) is 0 Å². The second kappa shape index (κ2) is 9.48. The van der Waals surface area contributed by atoms with Gasteiger partial charge in [-0.3, -0.25) is 0 Å². The third kappa shape index (κ3) is 3.79. The summed E-state index contributed by atoms with van der Waals surface area (Å²) in [6.07, 6.45) is 0. The summed E-state index contributed by atoms with van der Waals surface area (Å²) in [6.45, 7) is 14.6. The van der Waals surface area contributed by atoms with Crippen LogP contribution in [-0.2, 0) is 10.8 Å². The molecular weight excluding hydrogens is 569 g/mol. The van der Waals surface area contributed by atoms with Crippen LogP contribution >= 0.6 is 0 Å². The molecular formula is C45H40N2. The maximum Gasteiger partial charge on any atom is 0.0541 e. The highest BCUT2D eigenvalue weighted by Crippen LogP contribution is 2.62. The predicted octanol–water partition coefficient (Wildman–Crippen LogP) is 12.3. The van der Waals surface area contributed by atoms with Crippen LogP contribution in [0.1, 0.15) is 52.7 Å². The van der Waals surface area contributed by atoms with E-state index in [0.29, 0.717) is 0 Å². The first kappa shape index (κ1) is 28.2. The Balaban J connectivity index is 1.25. The molecule has 0 saturated carbocycles. The Labute approximate surface area is 276 Å². The Morgan fingerprint density at radius 1 is 0.426 bits per heavy atom. The first-order chi connectivity index (χ1) is 22.6. The second-order valence-electron chi connectivity index (χ2n) is 15.2. The summed E-state index contributed by atoms with van der Waals surface area (Å²) in [4.78, 5) is 3.77. The Morgan fingerprint density at radius 3 is 1.53 bits per heavy atom. The van der Waals surface area contributed by atoms with Gasteiger partial charge >= 0.3 is 0 Å². The number of nitrogens with one attached hydrogen (secondary N) is 1. The molecule has 0 saturated heterocycles. The van der Waals surface area contributed by atoms with Crippen molar-refractivity contribution < 1.29 is 0 Å². The number of nitrogens with zero attached hydrogens (tertiary/aromatic N) is 1. The van der Waals surface area contributed by atoms with Gasteiger partial charge in [-0.1, -0.05) is 108 Å². The average molecular weight is 609 g/mol. The average Bonchev–Trinajstić information content (AvgIpc) is 3.64. The summed E-state index contributed by atoms with van der Waals surface area (Å²) < 4.78 is 2.40. The molecule has 6 aromatic carbocycles. The fourth-order valence-electron chi connectivity index (χ4n) is 8.48. The lowest BCUT2D eigenvalue weighted by Gasteiger charge is -2.44. The van der Waals surface area contributed by atoms with E-state index in [1.165, 1.54) is 82.7 Å². The number of aromatic amines is 1. The topological polar surface area (TPSA) is 20.7 Å². The van der Waals surface area contributed by atoms with Crippen LogP contribution in [0.25, 0.3) is 71.6 Å². The van der Waals surface area contributed by atoms with Crippen molar-refractivity contribution in [3.05, 3.63) is 139 Å². The molecule has 47 heavy (non-hydrogen) atoms. The molecule has 9 rings (SSSR count). The lowest BCUT2D eigenvalue weighted by atomic mass is 9.59. The van der Waals surface area contributed by atoms with Gasteiger partial charge in [0, 0.05) is 38.3 Å². The molecule has 0 spiro atoms. The lowest BCUT2D eigenvalue weighted by molar-refractivity contribution is 0.125. The third-order valence-electron chi connectivity index (χ3n) is 12.4. The van der Waals surface area contributed by atoms with E-state index in [-0.39, 0.29) is 16.2 Å². The summed E-state index contributed by atoms with van der Waals surface area (Å²) >= 11 is 0. The molecule has 2 heterocycles. The molecule has 0 unspecified atom stereocenters. The SMILES string of the molecule is CC1(C)c2cc3[nH]c4ccc(-c5ccc6c(c5)c5cc(-c7ccccc7)ccc5n6-c5ccccc5)cc4c3cc2C(C)(C)C1(C)C. The number of rotatable bonds is 3. The highest BCUT2D eigenvalue weighted by Gasteiger charge is 2.56. The molecule has 1 aliphatic rings. The van der Waals surface area contributed by atoms with Gasteiger partial charge in [-0.2, -0.15) is 0 Å². The Bertz CT molecular complexity index is 2520. The first-order valence-corrected chi connectivity index (χ1v) is 16.9. The minimum absolute atomic E-state index is 0.0673. The zero-order chi connectivity index (χ0) is 32.3. The van der Waals surface area contributed by atoms with Crippen LogP contribution in [0.4, 0.5) is 0 Å². The standard InChI is InChI=1S/C45H40N2/c1-43(2)37-26-34-33-23-30(17-20-39(33)46-40(34)27-38(37)44(3,4)45(43,5)6)31-19-22-42-36(25-31)35-24-29(28-13-9-7-10-14-28)18-21-41(35)47(42)32-15-11-8-12-16-32/h7-27,46H,1-6H3. The Hall–Kier alpha value is -5.08. The monoisotopic (exact) mass is 608 g/mol. The number of H-pyrrole nitrogens is 1. The van der Waals surface area contributed by atoms with Crippen molar-refractivity contribution in [2.45, 2.75) is 52.4 Å². The summed E-state index contributed by atoms with van der Waals surface area (Å²) in [5.74, 6) is 0. The van der Waals surface area contributed by atoms with Crippen LogP contribution in [0.5, 0.6) is 0 Å². The molecule has 2 nitrogen and oxygen atoms in total. The van der Waals surface area contributed by atoms with Crippen molar-refractivity contribution in [2.24, 2.45) is 5.41 Å². The van der Waals surface area contributed by atoms with Crippen LogP contribution in [0.15, 0.2) is 127 Å². The molecule has 0 fully saturated rings. The summed E-state index contributed by atoms with van der Waals surface area (Å²) in [6, 6.07) is 47.2. The van der Waals surface area contributed by atoms with Gasteiger partial charge in [0.15, 0.2) is 0 Å². The molecule has 0 amide bonds. The quantitative estimate of drug-likeness (QED) is 0.206. The Morgan fingerprint density at radius 2 is 0.915 bits per heavy atom. The highest BCUT2D eigenvalue weighted by atomic mass is 15.0. The number of aromatic nitrogens is 2. The third-order valence-corrected chi connectivity index (χ3v) is 12.4. The predicted molar refractivity (Wildman–Crippen MR) is 201 cm³/mol. The number of fused-ring (bicyclic) bond motifs is 7. The molecule has 1 N–H and O–H groups in total. The summed E-state index contributed by atoms with van der Waals surface area (Å²) in [5.41, 5.74) is 14.2. The van der Waals surface area contributed by atoms with Gasteiger partial charge in [-0.05, 0) is 110 Å². The van der Waals surface area contributed by atoms with E-state index in [4.69, 9.17) is 0 Å². The van der Waals surface area contributed by atoms with Gasteiger partial charge in [-0.15, -0.1) is 0 Å². The van der Waals surface area contributed by atoms with Gasteiger partial charge in [0.1, 0.15) is 0 Å². The number of benzene rings is 6. The van der Waals surface area contributed by atoms with E-state index in [2.05, 4.69) is 178 Å². The molecule has 2 heteroatoms. The van der Waals surface area contributed by atoms with E-state index in [1.54, 1.807) is 0 Å². The van der Waals surface area contributed by atoms with Gasteiger partial charge in [0.25, 0.3) is 0 Å². The normalized spacial score (nSPS) is 16.4. The fourth-order valence-corrected chi connectivity index (χ4v) is 8.48. The zero-order valence-electron chi connectivity index (χ0n) is 28.1. The molecule has 230 valence electrons. The number of hydrogen-bond donors (Lipinski definition) is 1. The maximum atomic E-state index is 3.77. The smallest absolute Gasteiger partial charge is 0.0541 e. The minimum Gasteiger partial charge on any atom is -0.355 e. The van der Waals surface area contributed by atoms with Crippen molar-refractivity contribution in [2.75, 3.05) is 0 Å². The number of hydrogen-bond acceptors (Lipinski definition) is 0. The van der Waals surface area contributed by atoms with Crippen LogP contribution in [0.2, 0.25) is 0 Å². The first-order valence-electron chi connectivity index (χ1n) is 16.9. The van der Waals surface area contributed by atoms with Crippen LogP contribution in [0, 0.1) is 5.41 Å². The van der Waals surface area contributed by atoms with Crippen molar-refractivity contribution in [3.8, 4) is 27.9 Å². The lowest BCUT2D eigenvalue weighted by Crippen LogP contribution is -2.42. The molecule has 0 radical (unpaired) electrons. The highest BCUT2D eigenvalue weighted by molar-refractivity contribution is 6.13. The van der Waals surface area contributed by atoms with Crippen molar-refractivity contribution in [3.63, 3.8) is 0 Å². The van der Waals surface area contributed by atoms with Crippen molar-refractivity contribution >= 4 is 43.6 Å². The Kier molecular flexibility index (Phi) is 5.68. The van der Waals surface area contributed by atoms with Gasteiger partial charge < -0.3 is 9.55 Å². The molecule has 0 bridgehead atoms. The van der Waals surface area contributed by atoms with Gasteiger partial charge in [0.05, 0.1) is 11.0 Å².